The highest BCUT2D eigenvalue weighted by Crippen LogP contribution is 2.18. The predicted molar refractivity (Wildman–Crippen MR) is 94.3 cm³/mol. The van der Waals surface area contributed by atoms with Crippen molar-refractivity contribution in [3.63, 3.8) is 0 Å². The fourth-order valence-corrected chi connectivity index (χ4v) is 3.12. The molecule has 0 aromatic heterocycles. The zero-order chi connectivity index (χ0) is 16.9. The average molecular weight is 392 g/mol. The molecule has 3 nitrogen and oxygen atoms in total. The Morgan fingerprint density at radius 3 is 2.79 bits per heavy atom. The van der Waals surface area contributed by atoms with E-state index in [1.54, 1.807) is 17.0 Å². The van der Waals surface area contributed by atoms with Gasteiger partial charge < -0.3 is 9.64 Å². The van der Waals surface area contributed by atoms with Gasteiger partial charge in [-0.2, -0.15) is 0 Å². The molecule has 2 aromatic rings. The van der Waals surface area contributed by atoms with Crippen LogP contribution in [0.3, 0.4) is 0 Å². The van der Waals surface area contributed by atoms with E-state index in [0.29, 0.717) is 25.3 Å². The van der Waals surface area contributed by atoms with Crippen LogP contribution in [0.4, 0.5) is 4.39 Å². The molecule has 0 N–H and O–H groups in total. The Kier molecular flexibility index (Phi) is 5.63. The first-order valence-corrected chi connectivity index (χ1v) is 8.82. The summed E-state index contributed by atoms with van der Waals surface area (Å²) in [5.74, 6) is -0.521. The maximum Gasteiger partial charge on any atom is 0.254 e. The molecule has 1 fully saturated rings. The van der Waals surface area contributed by atoms with Gasteiger partial charge in [0.2, 0.25) is 0 Å². The molecule has 1 heterocycles. The summed E-state index contributed by atoms with van der Waals surface area (Å²) < 4.78 is 20.3. The van der Waals surface area contributed by atoms with E-state index in [1.807, 2.05) is 24.3 Å². The Balaban J connectivity index is 1.57. The van der Waals surface area contributed by atoms with Crippen molar-refractivity contribution in [1.29, 1.82) is 0 Å². The molecule has 1 saturated heterocycles. The number of carbonyl (C=O) groups excluding carboxylic acids is 1. The van der Waals surface area contributed by atoms with E-state index >= 15 is 0 Å². The third-order valence-electron chi connectivity index (χ3n) is 4.14. The fourth-order valence-electron chi connectivity index (χ4n) is 2.86. The average Bonchev–Trinajstić information content (AvgIpc) is 2.61. The number of carbonyl (C=O) groups is 1. The number of nitrogens with zero attached hydrogens (tertiary/aromatic N) is 1. The second-order valence-electron chi connectivity index (χ2n) is 5.96. The molecule has 126 valence electrons. The van der Waals surface area contributed by atoms with Gasteiger partial charge in [-0.3, -0.25) is 4.79 Å². The number of ether oxygens (including phenoxy) is 1. The first-order chi connectivity index (χ1) is 11.6. The van der Waals surface area contributed by atoms with Crippen molar-refractivity contribution in [2.75, 3.05) is 13.1 Å². The van der Waals surface area contributed by atoms with E-state index in [-0.39, 0.29) is 17.8 Å². The van der Waals surface area contributed by atoms with Crippen molar-refractivity contribution < 1.29 is 13.9 Å². The number of hydrogen-bond donors (Lipinski definition) is 0. The summed E-state index contributed by atoms with van der Waals surface area (Å²) in [7, 11) is 0. The highest BCUT2D eigenvalue weighted by molar-refractivity contribution is 9.10. The molecular formula is C19H19BrFNO2. The van der Waals surface area contributed by atoms with Crippen LogP contribution in [-0.2, 0) is 11.3 Å². The Bertz CT molecular complexity index is 705. The third-order valence-corrected chi connectivity index (χ3v) is 4.66. The number of likely N-dealkylation sites (tertiary alicyclic amines) is 1. The van der Waals surface area contributed by atoms with Gasteiger partial charge in [-0.05, 0) is 48.7 Å². The largest absolute Gasteiger partial charge is 0.372 e. The van der Waals surface area contributed by atoms with E-state index < -0.39 is 0 Å². The third kappa shape index (κ3) is 4.42. The standard InChI is InChI=1S/C19H19BrFNO2/c20-16-8-6-14(7-9-16)13-24-18-5-2-10-22(12-18)19(23)15-3-1-4-17(21)11-15/h1,3-4,6-9,11,18H,2,5,10,12-13H2/t18-/m1/s1. The smallest absolute Gasteiger partial charge is 0.254 e. The molecule has 0 unspecified atom stereocenters. The molecule has 1 aliphatic rings. The number of amides is 1. The van der Waals surface area contributed by atoms with Crippen LogP contribution < -0.4 is 0 Å². The number of rotatable bonds is 4. The molecule has 0 aliphatic carbocycles. The highest BCUT2D eigenvalue weighted by atomic mass is 79.9. The Hall–Kier alpha value is -1.72. The molecule has 0 spiro atoms. The van der Waals surface area contributed by atoms with Crippen molar-refractivity contribution in [2.45, 2.75) is 25.6 Å². The van der Waals surface area contributed by atoms with Gasteiger partial charge in [0.25, 0.3) is 5.91 Å². The lowest BCUT2D eigenvalue weighted by Crippen LogP contribution is -2.43. The maximum atomic E-state index is 13.3. The molecular weight excluding hydrogens is 373 g/mol. The van der Waals surface area contributed by atoms with Gasteiger partial charge in [-0.25, -0.2) is 4.39 Å². The van der Waals surface area contributed by atoms with Gasteiger partial charge in [0.15, 0.2) is 0 Å². The summed E-state index contributed by atoms with van der Waals surface area (Å²) >= 11 is 3.41. The molecule has 2 aromatic carbocycles. The lowest BCUT2D eigenvalue weighted by atomic mass is 10.1. The minimum atomic E-state index is -0.388. The molecule has 1 aliphatic heterocycles. The van der Waals surface area contributed by atoms with Gasteiger partial charge in [0, 0.05) is 23.1 Å². The van der Waals surface area contributed by atoms with Crippen molar-refractivity contribution in [1.82, 2.24) is 4.90 Å². The monoisotopic (exact) mass is 391 g/mol. The van der Waals surface area contributed by atoms with E-state index in [4.69, 9.17) is 4.74 Å². The van der Waals surface area contributed by atoms with Crippen LogP contribution in [0.15, 0.2) is 53.0 Å². The van der Waals surface area contributed by atoms with Crippen LogP contribution in [0, 0.1) is 5.82 Å². The summed E-state index contributed by atoms with van der Waals surface area (Å²) in [4.78, 5) is 14.3. The van der Waals surface area contributed by atoms with Crippen LogP contribution in [0.2, 0.25) is 0 Å². The molecule has 0 saturated carbocycles. The number of piperidine rings is 1. The van der Waals surface area contributed by atoms with Crippen molar-refractivity contribution in [3.8, 4) is 0 Å². The summed E-state index contributed by atoms with van der Waals surface area (Å²) in [5.41, 5.74) is 1.50. The zero-order valence-corrected chi connectivity index (χ0v) is 14.8. The molecule has 3 rings (SSSR count). The predicted octanol–water partition coefficient (Wildman–Crippen LogP) is 4.41. The molecule has 0 bridgehead atoms. The molecule has 1 amide bonds. The lowest BCUT2D eigenvalue weighted by molar-refractivity contribution is -0.00674. The van der Waals surface area contributed by atoms with Crippen LogP contribution in [0.1, 0.15) is 28.8 Å². The number of halogens is 2. The normalized spacial score (nSPS) is 17.8. The first-order valence-electron chi connectivity index (χ1n) is 8.03. The number of hydrogen-bond acceptors (Lipinski definition) is 2. The Morgan fingerprint density at radius 2 is 2.04 bits per heavy atom. The minimum absolute atomic E-state index is 0.0138. The second-order valence-corrected chi connectivity index (χ2v) is 6.88. The van der Waals surface area contributed by atoms with Crippen molar-refractivity contribution in [2.24, 2.45) is 0 Å². The summed E-state index contributed by atoms with van der Waals surface area (Å²) in [6, 6.07) is 13.8. The van der Waals surface area contributed by atoms with E-state index in [1.165, 1.54) is 12.1 Å². The van der Waals surface area contributed by atoms with E-state index in [2.05, 4.69) is 15.9 Å². The van der Waals surface area contributed by atoms with E-state index in [9.17, 15) is 9.18 Å². The fraction of sp³-hybridized carbons (Fsp3) is 0.316. The topological polar surface area (TPSA) is 29.5 Å². The molecule has 0 radical (unpaired) electrons. The van der Waals surface area contributed by atoms with Crippen LogP contribution in [0.5, 0.6) is 0 Å². The quantitative estimate of drug-likeness (QED) is 0.772. The summed E-state index contributed by atoms with van der Waals surface area (Å²) in [5, 5.41) is 0. The summed E-state index contributed by atoms with van der Waals surface area (Å²) in [6.45, 7) is 1.76. The molecule has 24 heavy (non-hydrogen) atoms. The van der Waals surface area contributed by atoms with Gasteiger partial charge in [-0.15, -0.1) is 0 Å². The zero-order valence-electron chi connectivity index (χ0n) is 13.3. The van der Waals surface area contributed by atoms with Gasteiger partial charge in [0.1, 0.15) is 5.82 Å². The number of benzene rings is 2. The summed E-state index contributed by atoms with van der Waals surface area (Å²) in [6.07, 6.45) is 1.84. The molecule has 5 heteroatoms. The van der Waals surface area contributed by atoms with Crippen molar-refractivity contribution >= 4 is 21.8 Å². The second kappa shape index (κ2) is 7.90. The first kappa shape index (κ1) is 17.1. The van der Waals surface area contributed by atoms with E-state index in [0.717, 1.165) is 22.9 Å². The van der Waals surface area contributed by atoms with Crippen LogP contribution >= 0.6 is 15.9 Å². The van der Waals surface area contributed by atoms with Crippen molar-refractivity contribution in [3.05, 3.63) is 69.9 Å². The van der Waals surface area contributed by atoms with Crippen LogP contribution in [-0.4, -0.2) is 30.0 Å². The minimum Gasteiger partial charge on any atom is -0.372 e. The highest BCUT2D eigenvalue weighted by Gasteiger charge is 2.25. The SMILES string of the molecule is O=C(c1cccc(F)c1)N1CCC[C@@H](OCc2ccc(Br)cc2)C1. The Morgan fingerprint density at radius 1 is 1.25 bits per heavy atom. The lowest BCUT2D eigenvalue weighted by Gasteiger charge is -2.32. The Labute approximate surface area is 149 Å². The van der Waals surface area contributed by atoms with Gasteiger partial charge in [-0.1, -0.05) is 34.1 Å². The molecule has 1 atom stereocenters. The van der Waals surface area contributed by atoms with Gasteiger partial charge in [0.05, 0.1) is 12.7 Å². The van der Waals surface area contributed by atoms with Gasteiger partial charge >= 0.3 is 0 Å². The van der Waals surface area contributed by atoms with Crippen LogP contribution in [0.25, 0.3) is 0 Å². The maximum absolute atomic E-state index is 13.3.